The summed E-state index contributed by atoms with van der Waals surface area (Å²) in [4.78, 5) is 13.9. The number of hydrogen-bond donors (Lipinski definition) is 2. The van der Waals surface area contributed by atoms with Gasteiger partial charge in [-0.25, -0.2) is 0 Å². The maximum Gasteiger partial charge on any atom is 0.251 e. The molecule has 4 heteroatoms. The van der Waals surface area contributed by atoms with Crippen molar-refractivity contribution in [2.45, 2.75) is 6.42 Å². The Morgan fingerprint density at radius 2 is 2.00 bits per heavy atom. The molecule has 0 aromatic heterocycles. The Balaban J connectivity index is 2.44. The highest BCUT2D eigenvalue weighted by Crippen LogP contribution is 2.03. The van der Waals surface area contributed by atoms with Gasteiger partial charge in [0, 0.05) is 17.7 Å². The van der Waals surface area contributed by atoms with E-state index in [1.807, 2.05) is 26.2 Å². The smallest absolute Gasteiger partial charge is 0.251 e. The first-order chi connectivity index (χ1) is 9.13. The van der Waals surface area contributed by atoms with Gasteiger partial charge in [0.15, 0.2) is 0 Å². The van der Waals surface area contributed by atoms with E-state index in [4.69, 9.17) is 5.73 Å². The third kappa shape index (κ3) is 6.05. The molecule has 0 atom stereocenters. The Kier molecular flexibility index (Phi) is 6.65. The summed E-state index contributed by atoms with van der Waals surface area (Å²) in [6, 6.07) is 7.22. The highest BCUT2D eigenvalue weighted by Gasteiger charge is 2.03. The van der Waals surface area contributed by atoms with E-state index in [1.165, 1.54) is 0 Å². The van der Waals surface area contributed by atoms with Gasteiger partial charge < -0.3 is 16.0 Å². The second kappa shape index (κ2) is 8.30. The zero-order valence-electron chi connectivity index (χ0n) is 11.6. The van der Waals surface area contributed by atoms with E-state index < -0.39 is 0 Å². The molecule has 0 saturated carbocycles. The molecule has 0 heterocycles. The van der Waals surface area contributed by atoms with E-state index in [1.54, 1.807) is 12.1 Å². The Morgan fingerprint density at radius 1 is 1.32 bits per heavy atom. The van der Waals surface area contributed by atoms with Crippen LogP contribution in [0.5, 0.6) is 0 Å². The van der Waals surface area contributed by atoms with Crippen LogP contribution in [0.25, 0.3) is 0 Å². The molecule has 0 aliphatic heterocycles. The van der Waals surface area contributed by atoms with Gasteiger partial charge in [-0.2, -0.15) is 0 Å². The van der Waals surface area contributed by atoms with E-state index in [0.717, 1.165) is 18.5 Å². The maximum atomic E-state index is 11.8. The third-order valence-corrected chi connectivity index (χ3v) is 2.55. The standard InChI is InChI=1S/C15H21N3O/c1-18(2)12-4-11-17-15(19)14-8-6-13(7-9-14)5-3-10-16/h6-9H,4,10-12,16H2,1-2H3,(H,17,19). The van der Waals surface area contributed by atoms with Crippen LogP contribution in [-0.4, -0.2) is 44.5 Å². The maximum absolute atomic E-state index is 11.8. The molecular weight excluding hydrogens is 238 g/mol. The molecule has 4 nitrogen and oxygen atoms in total. The number of benzene rings is 1. The molecule has 0 spiro atoms. The summed E-state index contributed by atoms with van der Waals surface area (Å²) in [5.74, 6) is 5.66. The first-order valence-corrected chi connectivity index (χ1v) is 6.35. The molecular formula is C15H21N3O. The SMILES string of the molecule is CN(C)CCCNC(=O)c1ccc(C#CCN)cc1. The van der Waals surface area contributed by atoms with E-state index in [2.05, 4.69) is 22.1 Å². The first-order valence-electron chi connectivity index (χ1n) is 6.35. The summed E-state index contributed by atoms with van der Waals surface area (Å²) in [5, 5.41) is 2.90. The van der Waals surface area contributed by atoms with Crippen molar-refractivity contribution in [3.05, 3.63) is 35.4 Å². The number of nitrogens with zero attached hydrogens (tertiary/aromatic N) is 1. The number of rotatable bonds is 5. The monoisotopic (exact) mass is 259 g/mol. The predicted octanol–water partition coefficient (Wildman–Crippen LogP) is 0.678. The van der Waals surface area contributed by atoms with Crippen LogP contribution in [0.2, 0.25) is 0 Å². The molecule has 3 N–H and O–H groups in total. The summed E-state index contributed by atoms with van der Waals surface area (Å²) >= 11 is 0. The molecule has 0 bridgehead atoms. The summed E-state index contributed by atoms with van der Waals surface area (Å²) in [7, 11) is 4.03. The number of amides is 1. The fourth-order valence-electron chi connectivity index (χ4n) is 1.56. The average Bonchev–Trinajstić information content (AvgIpc) is 2.41. The highest BCUT2D eigenvalue weighted by molar-refractivity contribution is 5.94. The predicted molar refractivity (Wildman–Crippen MR) is 77.9 cm³/mol. The summed E-state index contributed by atoms with van der Waals surface area (Å²) in [6.45, 7) is 1.99. The third-order valence-electron chi connectivity index (χ3n) is 2.55. The lowest BCUT2D eigenvalue weighted by atomic mass is 10.1. The van der Waals surface area contributed by atoms with E-state index >= 15 is 0 Å². The Morgan fingerprint density at radius 3 is 2.58 bits per heavy atom. The zero-order valence-corrected chi connectivity index (χ0v) is 11.6. The molecule has 0 saturated heterocycles. The van der Waals surface area contributed by atoms with Gasteiger partial charge in [-0.15, -0.1) is 0 Å². The van der Waals surface area contributed by atoms with Gasteiger partial charge in [0.05, 0.1) is 6.54 Å². The Bertz CT molecular complexity index is 455. The van der Waals surface area contributed by atoms with Gasteiger partial charge in [-0.3, -0.25) is 4.79 Å². The second-order valence-electron chi connectivity index (χ2n) is 4.50. The van der Waals surface area contributed by atoms with E-state index in [-0.39, 0.29) is 5.91 Å². The van der Waals surface area contributed by atoms with Crippen molar-refractivity contribution in [2.75, 3.05) is 33.7 Å². The molecule has 0 aliphatic rings. The number of carbonyl (C=O) groups is 1. The van der Waals surface area contributed by atoms with Gasteiger partial charge in [0.1, 0.15) is 0 Å². The number of hydrogen-bond acceptors (Lipinski definition) is 3. The minimum atomic E-state index is -0.0444. The van der Waals surface area contributed by atoms with Crippen LogP contribution in [0.3, 0.4) is 0 Å². The number of carbonyl (C=O) groups excluding carboxylic acids is 1. The Labute approximate surface area is 115 Å². The van der Waals surface area contributed by atoms with E-state index in [9.17, 15) is 4.79 Å². The van der Waals surface area contributed by atoms with Crippen molar-refractivity contribution in [2.24, 2.45) is 5.73 Å². The first kappa shape index (κ1) is 15.2. The zero-order chi connectivity index (χ0) is 14.1. The van der Waals surface area contributed by atoms with Crippen LogP contribution in [0.15, 0.2) is 24.3 Å². The molecule has 0 unspecified atom stereocenters. The Hall–Kier alpha value is -1.83. The van der Waals surface area contributed by atoms with Crippen molar-refractivity contribution in [3.8, 4) is 11.8 Å². The van der Waals surface area contributed by atoms with Crippen molar-refractivity contribution < 1.29 is 4.79 Å². The van der Waals surface area contributed by atoms with Gasteiger partial charge in [0.2, 0.25) is 0 Å². The number of nitrogens with two attached hydrogens (primary N) is 1. The van der Waals surface area contributed by atoms with Crippen LogP contribution in [0.1, 0.15) is 22.3 Å². The second-order valence-corrected chi connectivity index (χ2v) is 4.50. The van der Waals surface area contributed by atoms with Gasteiger partial charge >= 0.3 is 0 Å². The average molecular weight is 259 g/mol. The molecule has 1 amide bonds. The highest BCUT2D eigenvalue weighted by atomic mass is 16.1. The van der Waals surface area contributed by atoms with Crippen molar-refractivity contribution in [1.29, 1.82) is 0 Å². The van der Waals surface area contributed by atoms with Crippen LogP contribution in [0, 0.1) is 11.8 Å². The lowest BCUT2D eigenvalue weighted by molar-refractivity contribution is 0.0952. The lowest BCUT2D eigenvalue weighted by Gasteiger charge is -2.09. The lowest BCUT2D eigenvalue weighted by Crippen LogP contribution is -2.27. The summed E-state index contributed by atoms with van der Waals surface area (Å²) in [5.41, 5.74) is 6.83. The quantitative estimate of drug-likeness (QED) is 0.604. The molecule has 1 aromatic carbocycles. The molecule has 0 aliphatic carbocycles. The summed E-state index contributed by atoms with van der Waals surface area (Å²) < 4.78 is 0. The van der Waals surface area contributed by atoms with Crippen LogP contribution in [-0.2, 0) is 0 Å². The fourth-order valence-corrected chi connectivity index (χ4v) is 1.56. The number of nitrogens with one attached hydrogen (secondary N) is 1. The van der Waals surface area contributed by atoms with Gasteiger partial charge in [-0.1, -0.05) is 11.8 Å². The van der Waals surface area contributed by atoms with Crippen molar-refractivity contribution >= 4 is 5.91 Å². The molecule has 1 rings (SSSR count). The van der Waals surface area contributed by atoms with Crippen LogP contribution in [0.4, 0.5) is 0 Å². The molecule has 0 fully saturated rings. The molecule has 19 heavy (non-hydrogen) atoms. The normalized spacial score (nSPS) is 9.89. The van der Waals surface area contributed by atoms with Crippen molar-refractivity contribution in [1.82, 2.24) is 10.2 Å². The van der Waals surface area contributed by atoms with Crippen molar-refractivity contribution in [3.63, 3.8) is 0 Å². The minimum Gasteiger partial charge on any atom is -0.352 e. The fraction of sp³-hybridized carbons (Fsp3) is 0.400. The topological polar surface area (TPSA) is 58.4 Å². The molecule has 0 radical (unpaired) electrons. The largest absolute Gasteiger partial charge is 0.352 e. The van der Waals surface area contributed by atoms with Crippen LogP contribution < -0.4 is 11.1 Å². The van der Waals surface area contributed by atoms with Gasteiger partial charge in [0.25, 0.3) is 5.91 Å². The summed E-state index contributed by atoms with van der Waals surface area (Å²) in [6.07, 6.45) is 0.943. The molecule has 1 aromatic rings. The minimum absolute atomic E-state index is 0.0444. The van der Waals surface area contributed by atoms with E-state index in [0.29, 0.717) is 18.7 Å². The molecule has 102 valence electrons. The van der Waals surface area contributed by atoms with Crippen LogP contribution >= 0.6 is 0 Å². The van der Waals surface area contributed by atoms with Gasteiger partial charge in [-0.05, 0) is 51.3 Å².